The number of benzene rings is 2. The van der Waals surface area contributed by atoms with Crippen molar-refractivity contribution < 1.29 is 9.21 Å². The molecule has 170 valence electrons. The monoisotopic (exact) mass is 509 g/mol. The highest BCUT2D eigenvalue weighted by Crippen LogP contribution is 2.32. The molecule has 0 unspecified atom stereocenters. The third-order valence-corrected chi connectivity index (χ3v) is 6.47. The summed E-state index contributed by atoms with van der Waals surface area (Å²) in [7, 11) is 0. The Morgan fingerprint density at radius 2 is 2.03 bits per heavy atom. The highest BCUT2D eigenvalue weighted by atomic mass is 35.5. The van der Waals surface area contributed by atoms with Crippen molar-refractivity contribution in [2.75, 3.05) is 5.32 Å². The van der Waals surface area contributed by atoms with Crippen LogP contribution in [-0.4, -0.2) is 25.7 Å². The van der Waals surface area contributed by atoms with Gasteiger partial charge in [0.05, 0.1) is 5.02 Å². The molecule has 0 aliphatic carbocycles. The number of nitrogens with one attached hydrogen (secondary N) is 1. The normalized spacial score (nSPS) is 11.5. The molecule has 2 aromatic carbocycles. The molecule has 5 aromatic rings. The minimum absolute atomic E-state index is 0.286. The Morgan fingerprint density at radius 3 is 2.85 bits per heavy atom. The van der Waals surface area contributed by atoms with Crippen molar-refractivity contribution in [3.63, 3.8) is 0 Å². The molecule has 7 nitrogen and oxygen atoms in total. The van der Waals surface area contributed by atoms with Gasteiger partial charge in [-0.3, -0.25) is 4.79 Å². The minimum atomic E-state index is -0.286. The zero-order valence-electron chi connectivity index (χ0n) is 17.8. The lowest BCUT2D eigenvalue weighted by Crippen LogP contribution is -2.07. The van der Waals surface area contributed by atoms with Gasteiger partial charge in [-0.1, -0.05) is 53.6 Å². The van der Waals surface area contributed by atoms with Gasteiger partial charge < -0.3 is 9.73 Å². The maximum atomic E-state index is 12.5. The summed E-state index contributed by atoms with van der Waals surface area (Å²) in [6, 6.07) is 16.2. The quantitative estimate of drug-likeness (QED) is 0.259. The molecule has 0 aliphatic rings. The Balaban J connectivity index is 1.28. The predicted molar refractivity (Wildman–Crippen MR) is 135 cm³/mol. The smallest absolute Gasteiger partial charge is 0.248 e. The van der Waals surface area contributed by atoms with Crippen molar-refractivity contribution in [2.24, 2.45) is 0 Å². The standard InChI is InChI=1S/C24H17Cl2N5O2S/c1-2-21-28-29-24-31(21)30-23(34-24)14-4-3-5-16(12-14)27-22(32)11-8-17-7-10-20(33-17)18-9-6-15(25)13-19(18)26/h3-13H,2H2,1H3,(H,27,32)/b11-8+. The van der Waals surface area contributed by atoms with Gasteiger partial charge in [-0.15, -0.1) is 10.2 Å². The number of carbonyl (C=O) groups is 1. The van der Waals surface area contributed by atoms with E-state index in [2.05, 4.69) is 20.6 Å². The molecule has 0 saturated heterocycles. The van der Waals surface area contributed by atoms with Crippen molar-refractivity contribution >= 4 is 57.2 Å². The summed E-state index contributed by atoms with van der Waals surface area (Å²) in [6.07, 6.45) is 3.76. The van der Waals surface area contributed by atoms with E-state index in [0.717, 1.165) is 33.3 Å². The number of fused-ring (bicyclic) bond motifs is 1. The van der Waals surface area contributed by atoms with E-state index in [9.17, 15) is 4.79 Å². The molecular weight excluding hydrogens is 493 g/mol. The number of nitrogens with zero attached hydrogens (tertiary/aromatic N) is 4. The highest BCUT2D eigenvalue weighted by molar-refractivity contribution is 7.19. The third-order valence-electron chi connectivity index (χ3n) is 4.97. The first-order valence-electron chi connectivity index (χ1n) is 10.4. The lowest BCUT2D eigenvalue weighted by atomic mass is 10.2. The summed E-state index contributed by atoms with van der Waals surface area (Å²) in [4.78, 5) is 13.2. The first-order valence-corrected chi connectivity index (χ1v) is 11.9. The van der Waals surface area contributed by atoms with Crippen LogP contribution in [0.15, 0.2) is 65.1 Å². The van der Waals surface area contributed by atoms with E-state index in [-0.39, 0.29) is 5.91 Å². The largest absolute Gasteiger partial charge is 0.457 e. The summed E-state index contributed by atoms with van der Waals surface area (Å²) in [6.45, 7) is 2.01. The SMILES string of the molecule is CCc1nnc2sc(-c3cccc(NC(=O)/C=C/c4ccc(-c5ccc(Cl)cc5Cl)o4)c3)nn12. The van der Waals surface area contributed by atoms with Gasteiger partial charge in [0.25, 0.3) is 0 Å². The van der Waals surface area contributed by atoms with Crippen LogP contribution in [0.25, 0.3) is 32.9 Å². The summed E-state index contributed by atoms with van der Waals surface area (Å²) < 4.78 is 7.55. The van der Waals surface area contributed by atoms with Crippen LogP contribution >= 0.6 is 34.5 Å². The Bertz CT molecular complexity index is 1540. The molecule has 1 N–H and O–H groups in total. The van der Waals surface area contributed by atoms with Crippen molar-refractivity contribution in [2.45, 2.75) is 13.3 Å². The number of carbonyl (C=O) groups excluding carboxylic acids is 1. The number of rotatable bonds is 6. The summed E-state index contributed by atoms with van der Waals surface area (Å²) in [5, 5.41) is 17.6. The summed E-state index contributed by atoms with van der Waals surface area (Å²) >= 11 is 13.6. The summed E-state index contributed by atoms with van der Waals surface area (Å²) in [5.74, 6) is 1.64. The number of hydrogen-bond acceptors (Lipinski definition) is 6. The van der Waals surface area contributed by atoms with Crippen LogP contribution in [0.1, 0.15) is 18.5 Å². The van der Waals surface area contributed by atoms with E-state index < -0.39 is 0 Å². The van der Waals surface area contributed by atoms with Gasteiger partial charge in [0, 0.05) is 34.3 Å². The van der Waals surface area contributed by atoms with Crippen LogP contribution in [0.2, 0.25) is 10.0 Å². The van der Waals surface area contributed by atoms with Gasteiger partial charge in [0.1, 0.15) is 16.5 Å². The van der Waals surface area contributed by atoms with Crippen LogP contribution in [-0.2, 0) is 11.2 Å². The predicted octanol–water partition coefficient (Wildman–Crippen LogP) is 6.63. The number of halogens is 2. The molecule has 0 atom stereocenters. The van der Waals surface area contributed by atoms with Gasteiger partial charge in [-0.05, 0) is 48.5 Å². The molecule has 0 radical (unpaired) electrons. The summed E-state index contributed by atoms with van der Waals surface area (Å²) in [5.41, 5.74) is 2.26. The third kappa shape index (κ3) is 4.61. The van der Waals surface area contributed by atoms with Crippen LogP contribution in [0.5, 0.6) is 0 Å². The lowest BCUT2D eigenvalue weighted by molar-refractivity contribution is -0.111. The fourth-order valence-corrected chi connectivity index (χ4v) is 4.70. The number of amides is 1. The van der Waals surface area contributed by atoms with Crippen LogP contribution in [0.3, 0.4) is 0 Å². The second-order valence-electron chi connectivity index (χ2n) is 7.30. The van der Waals surface area contributed by atoms with Gasteiger partial charge in [0.2, 0.25) is 10.9 Å². The van der Waals surface area contributed by atoms with E-state index in [1.165, 1.54) is 17.4 Å². The molecule has 0 bridgehead atoms. The molecule has 0 fully saturated rings. The van der Waals surface area contributed by atoms with Crippen molar-refractivity contribution in [3.8, 4) is 21.9 Å². The van der Waals surface area contributed by atoms with E-state index in [0.29, 0.717) is 27.3 Å². The van der Waals surface area contributed by atoms with E-state index >= 15 is 0 Å². The molecule has 34 heavy (non-hydrogen) atoms. The first kappa shape index (κ1) is 22.3. The van der Waals surface area contributed by atoms with Crippen molar-refractivity contribution in [3.05, 3.63) is 82.3 Å². The average Bonchev–Trinajstić information content (AvgIpc) is 3.54. The van der Waals surface area contributed by atoms with Gasteiger partial charge in [-0.25, -0.2) is 0 Å². The van der Waals surface area contributed by atoms with Crippen LogP contribution < -0.4 is 5.32 Å². The number of hydrogen-bond donors (Lipinski definition) is 1. The average molecular weight is 510 g/mol. The van der Waals surface area contributed by atoms with Crippen molar-refractivity contribution in [1.29, 1.82) is 0 Å². The molecular formula is C24H17Cl2N5O2S. The Morgan fingerprint density at radius 1 is 1.15 bits per heavy atom. The fourth-order valence-electron chi connectivity index (χ4n) is 3.34. The zero-order chi connectivity index (χ0) is 23.7. The van der Waals surface area contributed by atoms with E-state index in [1.54, 1.807) is 40.9 Å². The van der Waals surface area contributed by atoms with E-state index in [1.807, 2.05) is 31.2 Å². The molecule has 0 aliphatic heterocycles. The Hall–Kier alpha value is -3.46. The fraction of sp³-hybridized carbons (Fsp3) is 0.0833. The number of anilines is 1. The topological polar surface area (TPSA) is 85.3 Å². The number of aromatic nitrogens is 4. The molecule has 5 rings (SSSR count). The Labute approximate surface area is 208 Å². The van der Waals surface area contributed by atoms with Crippen molar-refractivity contribution in [1.82, 2.24) is 19.8 Å². The van der Waals surface area contributed by atoms with Gasteiger partial charge >= 0.3 is 0 Å². The minimum Gasteiger partial charge on any atom is -0.457 e. The molecule has 3 aromatic heterocycles. The van der Waals surface area contributed by atoms with Gasteiger partial charge in [0.15, 0.2) is 5.82 Å². The second-order valence-corrected chi connectivity index (χ2v) is 9.10. The van der Waals surface area contributed by atoms with Crippen LogP contribution in [0, 0.1) is 0 Å². The zero-order valence-corrected chi connectivity index (χ0v) is 20.2. The first-order chi connectivity index (χ1) is 16.5. The van der Waals surface area contributed by atoms with Gasteiger partial charge in [-0.2, -0.15) is 9.61 Å². The number of furan rings is 1. The highest BCUT2D eigenvalue weighted by Gasteiger charge is 2.13. The molecule has 1 amide bonds. The second kappa shape index (κ2) is 9.42. The van der Waals surface area contributed by atoms with Crippen LogP contribution in [0.4, 0.5) is 5.69 Å². The maximum Gasteiger partial charge on any atom is 0.248 e. The molecule has 0 saturated carbocycles. The molecule has 10 heteroatoms. The molecule has 3 heterocycles. The van der Waals surface area contributed by atoms with E-state index in [4.69, 9.17) is 27.6 Å². The number of aryl methyl sites for hydroxylation is 1. The lowest BCUT2D eigenvalue weighted by Gasteiger charge is -2.04. The maximum absolute atomic E-state index is 12.5. The Kier molecular flexibility index (Phi) is 6.19. The molecule has 0 spiro atoms.